The van der Waals surface area contributed by atoms with Crippen LogP contribution in [0.1, 0.15) is 58.8 Å². The molecule has 0 radical (unpaired) electrons. The van der Waals surface area contributed by atoms with Crippen molar-refractivity contribution in [1.82, 2.24) is 4.90 Å². The molecule has 3 rings (SSSR count). The fourth-order valence-electron chi connectivity index (χ4n) is 4.68. The second kappa shape index (κ2) is 4.77. The summed E-state index contributed by atoms with van der Waals surface area (Å²) in [6.45, 7) is 15.4. The van der Waals surface area contributed by atoms with E-state index in [2.05, 4.69) is 23.6 Å². The molecule has 0 aromatic rings. The van der Waals surface area contributed by atoms with E-state index >= 15 is 0 Å². The molecule has 2 saturated carbocycles. The first-order valence-corrected chi connectivity index (χ1v) is 8.17. The molecule has 1 aliphatic heterocycles. The Labute approximate surface area is 118 Å². The van der Waals surface area contributed by atoms with Crippen LogP contribution in [0.4, 0.5) is 0 Å². The summed E-state index contributed by atoms with van der Waals surface area (Å²) in [7, 11) is 0. The molecule has 1 saturated heterocycles. The predicted molar refractivity (Wildman–Crippen MR) is 78.9 cm³/mol. The lowest BCUT2D eigenvalue weighted by molar-refractivity contribution is -0.0974. The molecule has 0 aromatic carbocycles. The van der Waals surface area contributed by atoms with E-state index in [-0.39, 0.29) is 0 Å². The lowest BCUT2D eigenvalue weighted by Gasteiger charge is -2.59. The van der Waals surface area contributed by atoms with Gasteiger partial charge in [-0.15, -0.1) is 0 Å². The van der Waals surface area contributed by atoms with Crippen LogP contribution in [-0.4, -0.2) is 30.6 Å². The van der Waals surface area contributed by atoms with Gasteiger partial charge in [0.1, 0.15) is 0 Å². The van der Waals surface area contributed by atoms with Gasteiger partial charge >= 0.3 is 0 Å². The quantitative estimate of drug-likeness (QED) is 0.697. The third kappa shape index (κ3) is 2.21. The topological polar surface area (TPSA) is 7.60 Å². The molecule has 1 spiro atoms. The maximum atomic E-state index is 7.24. The van der Waals surface area contributed by atoms with Crippen molar-refractivity contribution in [3.63, 3.8) is 0 Å². The van der Waals surface area contributed by atoms with Crippen molar-refractivity contribution in [2.75, 3.05) is 19.6 Å². The molecule has 0 N–H and O–H groups in total. The van der Waals surface area contributed by atoms with E-state index in [0.717, 1.165) is 18.0 Å². The SMILES string of the molecule is [C-]#[N+]CC1(C(C)C)CCC(N2CC3(CCC3)C2)CC1. The van der Waals surface area contributed by atoms with Gasteiger partial charge in [0.2, 0.25) is 6.54 Å². The van der Waals surface area contributed by atoms with Crippen LogP contribution in [0.5, 0.6) is 0 Å². The molecule has 3 fully saturated rings. The Kier molecular flexibility index (Phi) is 3.38. The summed E-state index contributed by atoms with van der Waals surface area (Å²) in [6, 6.07) is 0.837. The summed E-state index contributed by atoms with van der Waals surface area (Å²) in [6.07, 6.45) is 9.68. The van der Waals surface area contributed by atoms with Gasteiger partial charge in [0.25, 0.3) is 0 Å². The first-order chi connectivity index (χ1) is 9.09. The Hall–Kier alpha value is -0.550. The van der Waals surface area contributed by atoms with Crippen molar-refractivity contribution in [2.24, 2.45) is 16.7 Å². The van der Waals surface area contributed by atoms with Gasteiger partial charge in [-0.3, -0.25) is 4.90 Å². The van der Waals surface area contributed by atoms with E-state index in [0.29, 0.717) is 11.3 Å². The summed E-state index contributed by atoms with van der Waals surface area (Å²) < 4.78 is 0. The van der Waals surface area contributed by atoms with Crippen LogP contribution in [0, 0.1) is 23.3 Å². The maximum Gasteiger partial charge on any atom is 0.220 e. The van der Waals surface area contributed by atoms with E-state index in [1.807, 2.05) is 0 Å². The molecule has 0 atom stereocenters. The van der Waals surface area contributed by atoms with E-state index in [1.165, 1.54) is 58.0 Å². The van der Waals surface area contributed by atoms with Gasteiger partial charge in [0.15, 0.2) is 0 Å². The van der Waals surface area contributed by atoms with Crippen LogP contribution in [0.2, 0.25) is 0 Å². The fourth-order valence-corrected chi connectivity index (χ4v) is 4.68. The van der Waals surface area contributed by atoms with E-state index in [4.69, 9.17) is 6.57 Å². The minimum atomic E-state index is 0.331. The van der Waals surface area contributed by atoms with Crippen LogP contribution in [0.3, 0.4) is 0 Å². The smallest absolute Gasteiger partial charge is 0.220 e. The average Bonchev–Trinajstić information content (AvgIpc) is 2.27. The minimum absolute atomic E-state index is 0.331. The Balaban J connectivity index is 1.53. The molecular formula is C17H28N2. The van der Waals surface area contributed by atoms with Gasteiger partial charge in [-0.25, -0.2) is 6.57 Å². The molecule has 2 nitrogen and oxygen atoms in total. The van der Waals surface area contributed by atoms with Crippen molar-refractivity contribution in [3.8, 4) is 0 Å². The predicted octanol–water partition coefficient (Wildman–Crippen LogP) is 3.98. The highest BCUT2D eigenvalue weighted by Crippen LogP contribution is 2.51. The highest BCUT2D eigenvalue weighted by atomic mass is 15.2. The van der Waals surface area contributed by atoms with Gasteiger partial charge in [0.05, 0.1) is 0 Å². The molecule has 106 valence electrons. The highest BCUT2D eigenvalue weighted by Gasteiger charge is 2.50. The standard InChI is InChI=1S/C17H28N2/c1-14(2)17(11-18-3)9-5-15(6-10-17)19-12-16(13-19)7-4-8-16/h14-15H,4-13H2,1-2H3. The average molecular weight is 260 g/mol. The van der Waals surface area contributed by atoms with Gasteiger partial charge in [-0.2, -0.15) is 0 Å². The van der Waals surface area contributed by atoms with Crippen molar-refractivity contribution in [2.45, 2.75) is 64.8 Å². The summed E-state index contributed by atoms with van der Waals surface area (Å²) in [5.74, 6) is 0.664. The van der Waals surface area contributed by atoms with Crippen molar-refractivity contribution in [3.05, 3.63) is 11.4 Å². The lowest BCUT2D eigenvalue weighted by atomic mass is 9.61. The van der Waals surface area contributed by atoms with Crippen molar-refractivity contribution < 1.29 is 0 Å². The largest absolute Gasteiger partial charge is 0.316 e. The zero-order chi connectivity index (χ0) is 13.5. The van der Waals surface area contributed by atoms with Crippen LogP contribution in [-0.2, 0) is 0 Å². The van der Waals surface area contributed by atoms with Crippen molar-refractivity contribution in [1.29, 1.82) is 0 Å². The highest BCUT2D eigenvalue weighted by molar-refractivity contribution is 5.04. The summed E-state index contributed by atoms with van der Waals surface area (Å²) in [4.78, 5) is 6.49. The first-order valence-electron chi connectivity index (χ1n) is 8.17. The molecular weight excluding hydrogens is 232 g/mol. The molecule has 3 aliphatic rings. The third-order valence-electron chi connectivity index (χ3n) is 6.58. The van der Waals surface area contributed by atoms with Gasteiger partial charge < -0.3 is 4.85 Å². The third-order valence-corrected chi connectivity index (χ3v) is 6.58. The lowest BCUT2D eigenvalue weighted by Crippen LogP contribution is -2.63. The number of nitrogens with zero attached hydrogens (tertiary/aromatic N) is 2. The second-order valence-electron chi connectivity index (χ2n) is 7.82. The van der Waals surface area contributed by atoms with E-state index in [9.17, 15) is 0 Å². The number of hydrogen-bond donors (Lipinski definition) is 0. The molecule has 2 heteroatoms. The van der Waals surface area contributed by atoms with Crippen LogP contribution in [0.25, 0.3) is 4.85 Å². The molecule has 0 aromatic heterocycles. The number of hydrogen-bond acceptors (Lipinski definition) is 1. The zero-order valence-corrected chi connectivity index (χ0v) is 12.6. The molecule has 0 unspecified atom stereocenters. The molecule has 0 bridgehead atoms. The second-order valence-corrected chi connectivity index (χ2v) is 7.82. The molecule has 0 amide bonds. The van der Waals surface area contributed by atoms with E-state index in [1.54, 1.807) is 0 Å². The maximum absolute atomic E-state index is 7.24. The summed E-state index contributed by atoms with van der Waals surface area (Å²) in [5, 5.41) is 0. The summed E-state index contributed by atoms with van der Waals surface area (Å²) in [5.41, 5.74) is 1.10. The Morgan fingerprint density at radius 3 is 2.21 bits per heavy atom. The van der Waals surface area contributed by atoms with Gasteiger partial charge in [-0.1, -0.05) is 20.3 Å². The molecule has 2 aliphatic carbocycles. The van der Waals surface area contributed by atoms with Gasteiger partial charge in [0, 0.05) is 24.5 Å². The van der Waals surface area contributed by atoms with E-state index < -0.39 is 0 Å². The van der Waals surface area contributed by atoms with Crippen LogP contribution < -0.4 is 0 Å². The Morgan fingerprint density at radius 2 is 1.79 bits per heavy atom. The normalized spacial score (nSPS) is 37.7. The van der Waals surface area contributed by atoms with Crippen molar-refractivity contribution >= 4 is 0 Å². The fraction of sp³-hybridized carbons (Fsp3) is 0.941. The molecule has 19 heavy (non-hydrogen) atoms. The van der Waals surface area contributed by atoms with Crippen LogP contribution in [0.15, 0.2) is 0 Å². The Morgan fingerprint density at radius 1 is 1.16 bits per heavy atom. The van der Waals surface area contributed by atoms with Crippen LogP contribution >= 0.6 is 0 Å². The Bertz CT molecular complexity index is 359. The van der Waals surface area contributed by atoms with Gasteiger partial charge in [-0.05, 0) is 49.9 Å². The summed E-state index contributed by atoms with van der Waals surface area (Å²) >= 11 is 0. The first kappa shape index (κ1) is 13.4. The number of likely N-dealkylation sites (tertiary alicyclic amines) is 1. The monoisotopic (exact) mass is 260 g/mol. The number of rotatable bonds is 3. The zero-order valence-electron chi connectivity index (χ0n) is 12.6. The minimum Gasteiger partial charge on any atom is -0.316 e. The molecule has 1 heterocycles.